The quantitative estimate of drug-likeness (QED) is 0.430. The minimum Gasteiger partial charge on any atom is -0.480 e. The van der Waals surface area contributed by atoms with Crippen LogP contribution in [-0.4, -0.2) is 107 Å². The van der Waals surface area contributed by atoms with Gasteiger partial charge < -0.3 is 34.6 Å². The summed E-state index contributed by atoms with van der Waals surface area (Å²) in [6, 6.07) is -2.58. The van der Waals surface area contributed by atoms with Crippen molar-refractivity contribution in [2.24, 2.45) is 11.8 Å². The molecule has 0 aromatic heterocycles. The van der Waals surface area contributed by atoms with E-state index >= 15 is 0 Å². The highest BCUT2D eigenvalue weighted by atomic mass is 16.6. The van der Waals surface area contributed by atoms with E-state index in [9.17, 15) is 29.1 Å². The van der Waals surface area contributed by atoms with Crippen LogP contribution >= 0.6 is 0 Å². The van der Waals surface area contributed by atoms with Crippen molar-refractivity contribution in [1.29, 1.82) is 0 Å². The fraction of sp³-hybridized carbons (Fsp3) is 0.800. The monoisotopic (exact) mass is 545 g/mol. The van der Waals surface area contributed by atoms with Crippen LogP contribution in [0.25, 0.3) is 0 Å². The van der Waals surface area contributed by atoms with Crippen LogP contribution in [0.2, 0.25) is 0 Å². The van der Waals surface area contributed by atoms with Gasteiger partial charge in [0.2, 0.25) is 5.91 Å². The first kappa shape index (κ1) is 32.9. The largest absolute Gasteiger partial charge is 0.480 e. The molecule has 3 amide bonds. The third-order valence-corrected chi connectivity index (χ3v) is 6.30. The van der Waals surface area contributed by atoms with Gasteiger partial charge in [-0.2, -0.15) is 0 Å². The molecule has 2 fully saturated rings. The van der Waals surface area contributed by atoms with Crippen molar-refractivity contribution in [3.05, 3.63) is 0 Å². The number of hydrogen-bond acceptors (Lipinski definition) is 8. The van der Waals surface area contributed by atoms with Gasteiger partial charge in [0, 0.05) is 25.6 Å². The van der Waals surface area contributed by atoms with E-state index in [-0.39, 0.29) is 23.8 Å². The van der Waals surface area contributed by atoms with Crippen molar-refractivity contribution in [2.45, 2.75) is 90.6 Å². The van der Waals surface area contributed by atoms with Gasteiger partial charge in [-0.15, -0.1) is 0 Å². The van der Waals surface area contributed by atoms with Crippen LogP contribution in [0, 0.1) is 11.8 Å². The summed E-state index contributed by atoms with van der Waals surface area (Å²) in [5.74, 6) is -2.50. The average Bonchev–Trinajstić information content (AvgIpc) is 3.40. The molecule has 218 valence electrons. The standard InChI is InChI=1S/C13H22N2O5.C12H21NO5/c1-7(2)10(14-13(19)20-4)11(16)15-8(3)5-6-9(15)12(17)18;1-12(2,3)18-11(16)13-6-8(7-17-4)5-9(13)10(14)15/h7-10H,5-6H2,1-4H3,(H,14,19)(H,17,18);8-9H,5-7H2,1-4H3,(H,14,15)/t8-,9-,10-;/m0./s1. The lowest BCUT2D eigenvalue weighted by Crippen LogP contribution is -2.55. The zero-order valence-electron chi connectivity index (χ0n) is 23.6. The lowest BCUT2D eigenvalue weighted by atomic mass is 10.0. The summed E-state index contributed by atoms with van der Waals surface area (Å²) in [5.41, 5.74) is -0.626. The molecule has 0 bridgehead atoms. The molecule has 2 unspecified atom stereocenters. The number of nitrogens with zero attached hydrogens (tertiary/aromatic N) is 2. The maximum Gasteiger partial charge on any atom is 0.411 e. The van der Waals surface area contributed by atoms with Crippen LogP contribution in [-0.2, 0) is 28.6 Å². The highest BCUT2D eigenvalue weighted by molar-refractivity contribution is 5.90. The molecule has 0 spiro atoms. The van der Waals surface area contributed by atoms with Gasteiger partial charge in [0.15, 0.2) is 0 Å². The smallest absolute Gasteiger partial charge is 0.411 e. The third-order valence-electron chi connectivity index (χ3n) is 6.30. The number of ether oxygens (including phenoxy) is 3. The lowest BCUT2D eigenvalue weighted by Gasteiger charge is -2.31. The van der Waals surface area contributed by atoms with E-state index in [1.807, 2.05) is 6.92 Å². The van der Waals surface area contributed by atoms with Crippen molar-refractivity contribution in [2.75, 3.05) is 27.4 Å². The Kier molecular flexibility index (Phi) is 12.3. The Labute approximate surface area is 223 Å². The molecule has 5 atom stereocenters. The summed E-state index contributed by atoms with van der Waals surface area (Å²) in [7, 11) is 2.78. The number of carboxylic acids is 2. The van der Waals surface area contributed by atoms with Gasteiger partial charge in [-0.05, 0) is 52.9 Å². The van der Waals surface area contributed by atoms with E-state index in [0.717, 1.165) is 0 Å². The first-order chi connectivity index (χ1) is 17.5. The molecule has 38 heavy (non-hydrogen) atoms. The number of aliphatic carboxylic acids is 2. The Bertz CT molecular complexity index is 857. The normalized spacial score (nSPS) is 23.8. The van der Waals surface area contributed by atoms with Gasteiger partial charge in [0.05, 0.1) is 13.7 Å². The number of carbonyl (C=O) groups excluding carboxylic acids is 3. The number of alkyl carbamates (subject to hydrolysis) is 1. The van der Waals surface area contributed by atoms with Crippen LogP contribution in [0.3, 0.4) is 0 Å². The van der Waals surface area contributed by atoms with Gasteiger partial charge in [0.25, 0.3) is 0 Å². The topological polar surface area (TPSA) is 172 Å². The summed E-state index contributed by atoms with van der Waals surface area (Å²) in [4.78, 5) is 60.8. The molecule has 0 saturated carbocycles. The molecular formula is C25H43N3O10. The van der Waals surface area contributed by atoms with Crippen LogP contribution < -0.4 is 5.32 Å². The van der Waals surface area contributed by atoms with Gasteiger partial charge in [-0.25, -0.2) is 19.2 Å². The van der Waals surface area contributed by atoms with Gasteiger partial charge in [0.1, 0.15) is 23.7 Å². The van der Waals surface area contributed by atoms with Gasteiger partial charge >= 0.3 is 24.1 Å². The fourth-order valence-electron chi connectivity index (χ4n) is 4.49. The van der Waals surface area contributed by atoms with E-state index in [4.69, 9.17) is 14.6 Å². The zero-order chi connectivity index (χ0) is 29.4. The molecule has 0 aromatic carbocycles. The summed E-state index contributed by atoms with van der Waals surface area (Å²) < 4.78 is 14.7. The van der Waals surface area contributed by atoms with Gasteiger partial charge in [-0.1, -0.05) is 13.8 Å². The SMILES string of the molecule is COC(=O)N[C@H](C(=O)N1[C@@H](C)CC[C@H]1C(=O)O)C(C)C.COCC1CC(C(=O)O)N(C(=O)OC(C)(C)C)C1. The number of rotatable bonds is 7. The molecule has 0 radical (unpaired) electrons. The van der Waals surface area contributed by atoms with E-state index in [1.54, 1.807) is 41.7 Å². The predicted molar refractivity (Wildman–Crippen MR) is 135 cm³/mol. The molecule has 2 aliphatic heterocycles. The maximum absolute atomic E-state index is 12.6. The van der Waals surface area contributed by atoms with Gasteiger partial charge in [-0.3, -0.25) is 9.69 Å². The van der Waals surface area contributed by atoms with E-state index in [1.165, 1.54) is 16.9 Å². The molecule has 3 N–H and O–H groups in total. The summed E-state index contributed by atoms with van der Waals surface area (Å²) in [6.07, 6.45) is 0.212. The predicted octanol–water partition coefficient (Wildman–Crippen LogP) is 2.17. The molecule has 0 aliphatic carbocycles. The molecule has 2 heterocycles. The highest BCUT2D eigenvalue weighted by Gasteiger charge is 2.43. The Morgan fingerprint density at radius 3 is 2.03 bits per heavy atom. The van der Waals surface area contributed by atoms with Crippen LogP contribution in [0.15, 0.2) is 0 Å². The summed E-state index contributed by atoms with van der Waals surface area (Å²) in [5, 5.41) is 20.8. The van der Waals surface area contributed by atoms with Crippen molar-refractivity contribution < 1.29 is 48.4 Å². The second-order valence-corrected chi connectivity index (χ2v) is 10.9. The Balaban J connectivity index is 0.000000382. The van der Waals surface area contributed by atoms with Crippen LogP contribution in [0.4, 0.5) is 9.59 Å². The summed E-state index contributed by atoms with van der Waals surface area (Å²) >= 11 is 0. The average molecular weight is 546 g/mol. The third kappa shape index (κ3) is 9.34. The Hall–Kier alpha value is -3.09. The number of carbonyl (C=O) groups is 5. The first-order valence-electron chi connectivity index (χ1n) is 12.6. The number of hydrogen-bond donors (Lipinski definition) is 3. The molecule has 13 heteroatoms. The molecule has 2 rings (SSSR count). The minimum atomic E-state index is -1.01. The van der Waals surface area contributed by atoms with E-state index in [2.05, 4.69) is 10.1 Å². The number of carboxylic acid groups (broad SMARTS) is 2. The second-order valence-electron chi connectivity index (χ2n) is 10.9. The van der Waals surface area contributed by atoms with E-state index in [0.29, 0.717) is 32.4 Å². The number of methoxy groups -OCH3 is 2. The lowest BCUT2D eigenvalue weighted by molar-refractivity contribution is -0.150. The minimum absolute atomic E-state index is 0.0450. The van der Waals surface area contributed by atoms with Crippen LogP contribution in [0.1, 0.15) is 60.8 Å². The van der Waals surface area contributed by atoms with Crippen molar-refractivity contribution in [1.82, 2.24) is 15.1 Å². The highest BCUT2D eigenvalue weighted by Crippen LogP contribution is 2.27. The molecule has 2 aliphatic rings. The van der Waals surface area contributed by atoms with Crippen molar-refractivity contribution in [3.8, 4) is 0 Å². The molecular weight excluding hydrogens is 502 g/mol. The Morgan fingerprint density at radius 2 is 1.58 bits per heavy atom. The number of likely N-dealkylation sites (tertiary alicyclic amines) is 2. The first-order valence-corrected chi connectivity index (χ1v) is 12.6. The molecule has 13 nitrogen and oxygen atoms in total. The second kappa shape index (κ2) is 14.2. The fourth-order valence-corrected chi connectivity index (χ4v) is 4.49. The summed E-state index contributed by atoms with van der Waals surface area (Å²) in [6.45, 7) is 11.5. The van der Waals surface area contributed by atoms with Crippen molar-refractivity contribution >= 4 is 30.0 Å². The number of nitrogens with one attached hydrogen (secondary N) is 1. The molecule has 0 aromatic rings. The number of amides is 3. The van der Waals surface area contributed by atoms with E-state index < -0.39 is 47.9 Å². The van der Waals surface area contributed by atoms with Crippen LogP contribution in [0.5, 0.6) is 0 Å². The Morgan fingerprint density at radius 1 is 1.00 bits per heavy atom. The molecule has 2 saturated heterocycles. The zero-order valence-corrected chi connectivity index (χ0v) is 23.6. The maximum atomic E-state index is 12.6. The van der Waals surface area contributed by atoms with Crippen molar-refractivity contribution in [3.63, 3.8) is 0 Å².